The van der Waals surface area contributed by atoms with Crippen molar-refractivity contribution in [1.29, 1.82) is 0 Å². The van der Waals surface area contributed by atoms with E-state index in [0.29, 0.717) is 31.6 Å². The molecule has 0 saturated heterocycles. The molecule has 0 aliphatic heterocycles. The second kappa shape index (κ2) is 72.6. The third kappa shape index (κ3) is 74.3. The van der Waals surface area contributed by atoms with E-state index in [2.05, 4.69) is 41.5 Å². The van der Waals surface area contributed by atoms with Gasteiger partial charge in [0.15, 0.2) is 12.2 Å². The van der Waals surface area contributed by atoms with E-state index in [4.69, 9.17) is 37.0 Å². The summed E-state index contributed by atoms with van der Waals surface area (Å²) in [7, 11) is -9.92. The molecule has 0 aromatic heterocycles. The van der Waals surface area contributed by atoms with Crippen molar-refractivity contribution in [3.8, 4) is 0 Å². The highest BCUT2D eigenvalue weighted by Crippen LogP contribution is 2.45. The first-order valence-corrected chi connectivity index (χ1v) is 45.0. The molecule has 0 saturated carbocycles. The van der Waals surface area contributed by atoms with Crippen LogP contribution in [0.2, 0.25) is 0 Å². The smallest absolute Gasteiger partial charge is 0.462 e. The summed E-state index contributed by atoms with van der Waals surface area (Å²) in [5.41, 5.74) is 0. The molecule has 2 unspecified atom stereocenters. The van der Waals surface area contributed by atoms with E-state index in [9.17, 15) is 43.2 Å². The second-order valence-electron chi connectivity index (χ2n) is 30.1. The number of esters is 4. The van der Waals surface area contributed by atoms with Crippen molar-refractivity contribution in [1.82, 2.24) is 0 Å². The molecule has 594 valence electrons. The molecule has 0 amide bonds. The number of unbranched alkanes of at least 4 members (excludes halogenated alkanes) is 50. The van der Waals surface area contributed by atoms with Crippen LogP contribution in [0.3, 0.4) is 0 Å². The molecule has 0 fully saturated rings. The summed E-state index contributed by atoms with van der Waals surface area (Å²) in [6.45, 7) is 9.53. The Bertz CT molecular complexity index is 1920. The summed E-state index contributed by atoms with van der Waals surface area (Å²) in [5, 5.41) is 10.6. The van der Waals surface area contributed by atoms with E-state index in [-0.39, 0.29) is 25.7 Å². The normalized spacial score (nSPS) is 13.9. The van der Waals surface area contributed by atoms with Gasteiger partial charge in [0.1, 0.15) is 19.3 Å². The molecule has 0 aromatic carbocycles. The fraction of sp³-hybridized carbons (Fsp3) is 0.951. The van der Waals surface area contributed by atoms with Gasteiger partial charge in [-0.3, -0.25) is 37.3 Å². The maximum Gasteiger partial charge on any atom is 0.472 e. The van der Waals surface area contributed by atoms with Crippen LogP contribution in [0, 0.1) is 11.8 Å². The Balaban J connectivity index is 5.19. The number of ether oxygens (including phenoxy) is 4. The van der Waals surface area contributed by atoms with Gasteiger partial charge in [-0.05, 0) is 37.5 Å². The molecule has 0 rings (SSSR count). The van der Waals surface area contributed by atoms with Crippen LogP contribution >= 0.6 is 15.6 Å². The van der Waals surface area contributed by atoms with E-state index in [1.807, 2.05) is 0 Å². The van der Waals surface area contributed by atoms with Crippen LogP contribution in [0.1, 0.15) is 427 Å². The number of aliphatic hydroxyl groups excluding tert-OH is 1. The van der Waals surface area contributed by atoms with Crippen molar-refractivity contribution >= 4 is 39.5 Å². The van der Waals surface area contributed by atoms with E-state index >= 15 is 0 Å². The predicted molar refractivity (Wildman–Crippen MR) is 409 cm³/mol. The molecule has 0 aliphatic carbocycles. The Morgan fingerprint density at radius 3 is 0.680 bits per heavy atom. The van der Waals surface area contributed by atoms with Crippen LogP contribution in [0.4, 0.5) is 0 Å². The lowest BCUT2D eigenvalue weighted by Crippen LogP contribution is -2.30. The Hall–Kier alpha value is -1.94. The molecule has 0 aromatic rings. The number of phosphoric acid groups is 2. The van der Waals surface area contributed by atoms with Gasteiger partial charge in [-0.1, -0.05) is 375 Å². The number of hydrogen-bond acceptors (Lipinski definition) is 15. The lowest BCUT2D eigenvalue weighted by Gasteiger charge is -2.21. The summed E-state index contributed by atoms with van der Waals surface area (Å²) < 4.78 is 68.7. The number of rotatable bonds is 80. The largest absolute Gasteiger partial charge is 0.472 e. The molecule has 17 nitrogen and oxygen atoms in total. The Morgan fingerprint density at radius 1 is 0.270 bits per heavy atom. The SMILES string of the molecule is CCCCCCCCCCCCCCCCCCCCCCCCC(=O)O[C@H](COC(=O)CCCCCCCCCCCCCCCCCC)COP(=O)(O)OC[C@@H](O)COP(=O)(O)OC[C@@H](COC(=O)CCCCCCCCC(C)C)OC(=O)CCCCCCCCCCCCC(C)C. The van der Waals surface area contributed by atoms with Crippen LogP contribution in [0.15, 0.2) is 0 Å². The molecular formula is C81H158O17P2. The zero-order valence-corrected chi connectivity index (χ0v) is 67.3. The number of hydrogen-bond donors (Lipinski definition) is 3. The summed E-state index contributed by atoms with van der Waals surface area (Å²) >= 11 is 0. The monoisotopic (exact) mass is 1470 g/mol. The minimum atomic E-state index is -4.96. The predicted octanol–water partition coefficient (Wildman–Crippen LogP) is 24.3. The molecule has 5 atom stereocenters. The first-order valence-electron chi connectivity index (χ1n) is 42.0. The molecule has 0 heterocycles. The van der Waals surface area contributed by atoms with Crippen molar-refractivity contribution < 1.29 is 80.2 Å². The minimum Gasteiger partial charge on any atom is -0.462 e. The highest BCUT2D eigenvalue weighted by Gasteiger charge is 2.30. The zero-order valence-electron chi connectivity index (χ0n) is 65.5. The van der Waals surface area contributed by atoms with Gasteiger partial charge in [-0.25, -0.2) is 9.13 Å². The summed E-state index contributed by atoms with van der Waals surface area (Å²) in [4.78, 5) is 72.9. The van der Waals surface area contributed by atoms with Gasteiger partial charge < -0.3 is 33.8 Å². The highest BCUT2D eigenvalue weighted by molar-refractivity contribution is 7.47. The lowest BCUT2D eigenvalue weighted by molar-refractivity contribution is -0.161. The van der Waals surface area contributed by atoms with E-state index < -0.39 is 97.5 Å². The van der Waals surface area contributed by atoms with Gasteiger partial charge in [0.25, 0.3) is 0 Å². The molecule has 100 heavy (non-hydrogen) atoms. The van der Waals surface area contributed by atoms with Crippen molar-refractivity contribution in [2.75, 3.05) is 39.6 Å². The fourth-order valence-corrected chi connectivity index (χ4v) is 14.1. The fourth-order valence-electron chi connectivity index (χ4n) is 12.5. The van der Waals surface area contributed by atoms with Crippen molar-refractivity contribution in [3.63, 3.8) is 0 Å². The number of carbonyl (C=O) groups excluding carboxylic acids is 4. The van der Waals surface area contributed by atoms with Gasteiger partial charge >= 0.3 is 39.5 Å². The van der Waals surface area contributed by atoms with Crippen LogP contribution in [-0.2, 0) is 65.4 Å². The maximum absolute atomic E-state index is 13.1. The summed E-state index contributed by atoms with van der Waals surface area (Å²) in [6, 6.07) is 0. The standard InChI is InChI=1S/C81H158O17P2/c1-7-9-11-13-15-17-19-21-23-25-26-27-28-29-30-32-34-36-41-45-53-59-65-80(85)97-76(69-91-78(83)63-57-51-44-40-35-33-31-24-22-20-18-16-14-12-10-8-2)71-95-99(87,88)93-67-75(82)68-94-100(89,90)96-72-77(70-92-79(84)64-58-52-48-47-50-56-62-74(5)6)98-81(86)66-60-54-46-42-38-37-39-43-49-55-61-73(3)4/h73-77,82H,7-72H2,1-6H3,(H,87,88)(H,89,90)/t75-,76-,77-/m1/s1. The van der Waals surface area contributed by atoms with Crippen LogP contribution < -0.4 is 0 Å². The molecular weight excluding hydrogens is 1310 g/mol. The van der Waals surface area contributed by atoms with Crippen molar-refractivity contribution in [2.24, 2.45) is 11.8 Å². The molecule has 0 spiro atoms. The number of carbonyl (C=O) groups is 4. The molecule has 0 aliphatic rings. The van der Waals surface area contributed by atoms with E-state index in [1.165, 1.54) is 238 Å². The van der Waals surface area contributed by atoms with Crippen LogP contribution in [0.25, 0.3) is 0 Å². The Morgan fingerprint density at radius 2 is 0.460 bits per heavy atom. The maximum atomic E-state index is 13.1. The number of aliphatic hydroxyl groups is 1. The lowest BCUT2D eigenvalue weighted by atomic mass is 10.0. The first kappa shape index (κ1) is 98.1. The minimum absolute atomic E-state index is 0.105. The Kier molecular flexibility index (Phi) is 71.2. The van der Waals surface area contributed by atoms with Crippen molar-refractivity contribution in [3.05, 3.63) is 0 Å². The average molecular weight is 1470 g/mol. The third-order valence-electron chi connectivity index (χ3n) is 19.0. The highest BCUT2D eigenvalue weighted by atomic mass is 31.2. The molecule has 3 N–H and O–H groups in total. The third-order valence-corrected chi connectivity index (χ3v) is 20.9. The van der Waals surface area contributed by atoms with Gasteiger partial charge in [-0.15, -0.1) is 0 Å². The van der Waals surface area contributed by atoms with Crippen LogP contribution in [0.5, 0.6) is 0 Å². The zero-order chi connectivity index (χ0) is 73.5. The topological polar surface area (TPSA) is 237 Å². The van der Waals surface area contributed by atoms with Gasteiger partial charge in [0.05, 0.1) is 26.4 Å². The molecule has 0 bridgehead atoms. The Labute approximate surface area is 613 Å². The first-order chi connectivity index (χ1) is 48.4. The second-order valence-corrected chi connectivity index (χ2v) is 33.0. The average Bonchev–Trinajstić information content (AvgIpc) is 0.913. The molecule has 0 radical (unpaired) electrons. The summed E-state index contributed by atoms with van der Waals surface area (Å²) in [6.07, 6.45) is 62.8. The van der Waals surface area contributed by atoms with Gasteiger partial charge in [0.2, 0.25) is 0 Å². The summed E-state index contributed by atoms with van der Waals surface area (Å²) in [5.74, 6) is -0.681. The van der Waals surface area contributed by atoms with Gasteiger partial charge in [-0.2, -0.15) is 0 Å². The van der Waals surface area contributed by atoms with E-state index in [1.54, 1.807) is 0 Å². The van der Waals surface area contributed by atoms with Gasteiger partial charge in [0, 0.05) is 25.7 Å². The van der Waals surface area contributed by atoms with Crippen molar-refractivity contribution in [2.45, 2.75) is 445 Å². The van der Waals surface area contributed by atoms with Crippen LogP contribution in [-0.4, -0.2) is 96.7 Å². The van der Waals surface area contributed by atoms with E-state index in [0.717, 1.165) is 102 Å². The molecule has 19 heteroatoms. The number of phosphoric ester groups is 2. The quantitative estimate of drug-likeness (QED) is 0.0222.